The van der Waals surface area contributed by atoms with E-state index in [4.69, 9.17) is 0 Å². The van der Waals surface area contributed by atoms with E-state index in [-0.39, 0.29) is 0 Å². The zero-order chi connectivity index (χ0) is 18.9. The Balaban J connectivity index is 1.82. The molecule has 4 rings (SSSR count). The molecule has 3 aromatic heterocycles. The fourth-order valence-corrected chi connectivity index (χ4v) is 3.42. The van der Waals surface area contributed by atoms with Gasteiger partial charge in [0.05, 0.1) is 17.0 Å². The summed E-state index contributed by atoms with van der Waals surface area (Å²) >= 11 is 0. The first-order chi connectivity index (χ1) is 13.0. The second-order valence-electron chi connectivity index (χ2n) is 6.67. The number of fused-ring (bicyclic) bond motifs is 1. The van der Waals surface area contributed by atoms with Crippen LogP contribution in [0.2, 0.25) is 0 Å². The van der Waals surface area contributed by atoms with Crippen molar-refractivity contribution in [3.63, 3.8) is 0 Å². The molecule has 4 heterocycles. The van der Waals surface area contributed by atoms with Crippen LogP contribution in [0, 0.1) is 0 Å². The molecule has 1 aliphatic heterocycles. The van der Waals surface area contributed by atoms with Crippen LogP contribution in [-0.2, 0) is 12.7 Å². The Morgan fingerprint density at radius 1 is 1.11 bits per heavy atom. The molecule has 0 aliphatic carbocycles. The first-order valence-corrected chi connectivity index (χ1v) is 8.94. The summed E-state index contributed by atoms with van der Waals surface area (Å²) in [5, 5.41) is 3.35. The second kappa shape index (κ2) is 7.28. The van der Waals surface area contributed by atoms with Crippen molar-refractivity contribution in [1.82, 2.24) is 24.6 Å². The topological polar surface area (TPSA) is 45.5 Å². The molecule has 3 aromatic rings. The third-order valence-electron chi connectivity index (χ3n) is 4.79. The number of nitrogens with one attached hydrogen (secondary N) is 1. The average Bonchev–Trinajstić information content (AvgIpc) is 2.82. The van der Waals surface area contributed by atoms with Gasteiger partial charge in [-0.2, -0.15) is 13.2 Å². The zero-order valence-corrected chi connectivity index (χ0v) is 14.7. The molecule has 0 amide bonds. The summed E-state index contributed by atoms with van der Waals surface area (Å²) in [6, 6.07) is 6.19. The van der Waals surface area contributed by atoms with Gasteiger partial charge in [-0.1, -0.05) is 0 Å². The Morgan fingerprint density at radius 3 is 2.78 bits per heavy atom. The van der Waals surface area contributed by atoms with E-state index < -0.39 is 11.7 Å². The standard InChI is InChI=1S/C19H20F3N5/c20-19(21,22)15-4-5-17-25-18(14-3-1-6-24-11-14)16(27(17)12-15)13-26-9-2-7-23-8-10-26/h1,3-6,11-12,23H,2,7-10,13H2. The van der Waals surface area contributed by atoms with E-state index in [1.165, 1.54) is 6.07 Å². The van der Waals surface area contributed by atoms with Crippen LogP contribution in [0.1, 0.15) is 17.7 Å². The van der Waals surface area contributed by atoms with Gasteiger partial charge in [0.15, 0.2) is 0 Å². The summed E-state index contributed by atoms with van der Waals surface area (Å²) in [5.74, 6) is 0. The molecule has 0 spiro atoms. The van der Waals surface area contributed by atoms with E-state index in [0.717, 1.165) is 56.1 Å². The largest absolute Gasteiger partial charge is 0.417 e. The SMILES string of the molecule is FC(F)(F)c1ccc2nc(-c3cccnc3)c(CN3CCCNCC3)n2c1. The van der Waals surface area contributed by atoms with Gasteiger partial charge in [-0.3, -0.25) is 9.88 Å². The van der Waals surface area contributed by atoms with Gasteiger partial charge in [-0.15, -0.1) is 0 Å². The van der Waals surface area contributed by atoms with E-state index in [1.54, 1.807) is 22.9 Å². The Kier molecular flexibility index (Phi) is 4.84. The van der Waals surface area contributed by atoms with E-state index in [0.29, 0.717) is 17.9 Å². The highest BCUT2D eigenvalue weighted by atomic mass is 19.4. The minimum absolute atomic E-state index is 0.504. The highest BCUT2D eigenvalue weighted by molar-refractivity contribution is 5.66. The second-order valence-corrected chi connectivity index (χ2v) is 6.67. The van der Waals surface area contributed by atoms with Gasteiger partial charge in [0.25, 0.3) is 0 Å². The molecular weight excluding hydrogens is 355 g/mol. The van der Waals surface area contributed by atoms with Crippen LogP contribution in [-0.4, -0.2) is 45.4 Å². The molecule has 1 aliphatic rings. The Bertz CT molecular complexity index is 912. The molecule has 1 saturated heterocycles. The highest BCUT2D eigenvalue weighted by Crippen LogP contribution is 2.31. The molecule has 0 atom stereocenters. The monoisotopic (exact) mass is 375 g/mol. The molecule has 0 radical (unpaired) electrons. The minimum atomic E-state index is -4.39. The van der Waals surface area contributed by atoms with Crippen molar-refractivity contribution in [2.45, 2.75) is 19.1 Å². The number of halogens is 3. The first-order valence-electron chi connectivity index (χ1n) is 8.94. The zero-order valence-electron chi connectivity index (χ0n) is 14.7. The van der Waals surface area contributed by atoms with Crippen LogP contribution < -0.4 is 5.32 Å². The predicted molar refractivity (Wildman–Crippen MR) is 96.2 cm³/mol. The van der Waals surface area contributed by atoms with Crippen LogP contribution in [0.4, 0.5) is 13.2 Å². The molecule has 5 nitrogen and oxygen atoms in total. The fourth-order valence-electron chi connectivity index (χ4n) is 3.42. The molecule has 0 unspecified atom stereocenters. The van der Waals surface area contributed by atoms with Crippen LogP contribution in [0.5, 0.6) is 0 Å². The van der Waals surface area contributed by atoms with E-state index >= 15 is 0 Å². The van der Waals surface area contributed by atoms with Gasteiger partial charge in [-0.05, 0) is 43.8 Å². The lowest BCUT2D eigenvalue weighted by Gasteiger charge is -2.20. The predicted octanol–water partition coefficient (Wildman–Crippen LogP) is 3.21. The number of hydrogen-bond acceptors (Lipinski definition) is 4. The summed E-state index contributed by atoms with van der Waals surface area (Å²) in [7, 11) is 0. The molecular formula is C19H20F3N5. The van der Waals surface area contributed by atoms with Crippen molar-refractivity contribution in [2.75, 3.05) is 26.2 Å². The number of aromatic nitrogens is 3. The summed E-state index contributed by atoms with van der Waals surface area (Å²) < 4.78 is 41.3. The lowest BCUT2D eigenvalue weighted by Crippen LogP contribution is -2.28. The minimum Gasteiger partial charge on any atom is -0.315 e. The van der Waals surface area contributed by atoms with Crippen LogP contribution >= 0.6 is 0 Å². The van der Waals surface area contributed by atoms with Gasteiger partial charge in [0.2, 0.25) is 0 Å². The number of pyridine rings is 2. The maximum Gasteiger partial charge on any atom is 0.417 e. The third-order valence-corrected chi connectivity index (χ3v) is 4.79. The van der Waals surface area contributed by atoms with Crippen molar-refractivity contribution in [1.29, 1.82) is 0 Å². The number of imidazole rings is 1. The Hall–Kier alpha value is -2.45. The average molecular weight is 375 g/mol. The van der Waals surface area contributed by atoms with Gasteiger partial charge in [-0.25, -0.2) is 4.98 Å². The lowest BCUT2D eigenvalue weighted by atomic mass is 10.1. The van der Waals surface area contributed by atoms with E-state index in [9.17, 15) is 13.2 Å². The maximum atomic E-state index is 13.2. The van der Waals surface area contributed by atoms with Gasteiger partial charge >= 0.3 is 6.18 Å². The summed E-state index contributed by atoms with van der Waals surface area (Å²) in [6.45, 7) is 4.10. The Labute approximate surface area is 154 Å². The molecule has 0 bridgehead atoms. The van der Waals surface area contributed by atoms with E-state index in [1.807, 2.05) is 6.07 Å². The molecule has 1 fully saturated rings. The van der Waals surface area contributed by atoms with Gasteiger partial charge in [0.1, 0.15) is 5.65 Å². The summed E-state index contributed by atoms with van der Waals surface area (Å²) in [5.41, 5.74) is 2.07. The van der Waals surface area contributed by atoms with Crippen molar-refractivity contribution < 1.29 is 13.2 Å². The molecule has 27 heavy (non-hydrogen) atoms. The van der Waals surface area contributed by atoms with Crippen LogP contribution in [0.15, 0.2) is 42.9 Å². The third kappa shape index (κ3) is 3.81. The summed E-state index contributed by atoms with van der Waals surface area (Å²) in [4.78, 5) is 11.0. The first kappa shape index (κ1) is 17.9. The number of rotatable bonds is 3. The summed E-state index contributed by atoms with van der Waals surface area (Å²) in [6.07, 6.45) is 1.12. The molecule has 0 saturated carbocycles. The molecule has 142 valence electrons. The fraction of sp³-hybridized carbons (Fsp3) is 0.368. The quantitative estimate of drug-likeness (QED) is 0.764. The van der Waals surface area contributed by atoms with Crippen LogP contribution in [0.3, 0.4) is 0 Å². The highest BCUT2D eigenvalue weighted by Gasteiger charge is 2.31. The van der Waals surface area contributed by atoms with Gasteiger partial charge < -0.3 is 9.72 Å². The van der Waals surface area contributed by atoms with Crippen molar-refractivity contribution in [3.8, 4) is 11.3 Å². The van der Waals surface area contributed by atoms with Crippen LogP contribution in [0.25, 0.3) is 16.9 Å². The van der Waals surface area contributed by atoms with Crippen molar-refractivity contribution in [2.24, 2.45) is 0 Å². The van der Waals surface area contributed by atoms with Gasteiger partial charge in [0, 0.05) is 43.8 Å². The molecule has 1 N–H and O–H groups in total. The number of hydrogen-bond donors (Lipinski definition) is 1. The Morgan fingerprint density at radius 2 is 2.00 bits per heavy atom. The lowest BCUT2D eigenvalue weighted by molar-refractivity contribution is -0.137. The number of nitrogens with zero attached hydrogens (tertiary/aromatic N) is 4. The smallest absolute Gasteiger partial charge is 0.315 e. The van der Waals surface area contributed by atoms with Crippen molar-refractivity contribution >= 4 is 5.65 Å². The molecule has 0 aromatic carbocycles. The van der Waals surface area contributed by atoms with E-state index in [2.05, 4.69) is 20.2 Å². The maximum absolute atomic E-state index is 13.2. The number of alkyl halides is 3. The van der Waals surface area contributed by atoms with Crippen molar-refractivity contribution in [3.05, 3.63) is 54.1 Å². The normalized spacial score (nSPS) is 16.6. The molecule has 8 heteroatoms.